The fourth-order valence-electron chi connectivity index (χ4n) is 8.69. The summed E-state index contributed by atoms with van der Waals surface area (Å²) in [6, 6.07) is 62.2. The summed E-state index contributed by atoms with van der Waals surface area (Å²) in [5, 5.41) is 9.83. The molecule has 55 heavy (non-hydrogen) atoms. The van der Waals surface area contributed by atoms with E-state index in [2.05, 4.69) is 149 Å². The van der Waals surface area contributed by atoms with E-state index in [1.54, 1.807) is 0 Å². The van der Waals surface area contributed by atoms with Crippen LogP contribution in [0.4, 0.5) is 0 Å². The number of hydrogen-bond acceptors (Lipinski definition) is 4. The molecular formula is C49H29N5S. The maximum absolute atomic E-state index is 5.33. The first kappa shape index (κ1) is 30.3. The van der Waals surface area contributed by atoms with Gasteiger partial charge in [-0.2, -0.15) is 9.97 Å². The Bertz CT molecular complexity index is 3410. The molecule has 0 bridgehead atoms. The van der Waals surface area contributed by atoms with Crippen LogP contribution in [-0.4, -0.2) is 24.1 Å². The van der Waals surface area contributed by atoms with Crippen LogP contribution in [0.5, 0.6) is 0 Å². The quantitative estimate of drug-likeness (QED) is 0.182. The molecule has 0 spiro atoms. The zero-order valence-corrected chi connectivity index (χ0v) is 30.2. The highest BCUT2D eigenvalue weighted by atomic mass is 32.1. The maximum atomic E-state index is 5.33. The van der Waals surface area contributed by atoms with Crippen molar-refractivity contribution in [1.82, 2.24) is 24.1 Å². The summed E-state index contributed by atoms with van der Waals surface area (Å²) >= 11 is 1.86. The van der Waals surface area contributed by atoms with Crippen molar-refractivity contribution in [2.45, 2.75) is 0 Å². The fraction of sp³-hybridized carbons (Fsp3) is 0. The second kappa shape index (κ2) is 11.7. The molecule has 0 N–H and O–H groups in total. The molecule has 256 valence electrons. The zero-order chi connectivity index (χ0) is 36.0. The van der Waals surface area contributed by atoms with Crippen LogP contribution in [0.1, 0.15) is 0 Å². The van der Waals surface area contributed by atoms with Crippen LogP contribution in [-0.2, 0) is 0 Å². The van der Waals surface area contributed by atoms with Gasteiger partial charge in [0.25, 0.3) is 0 Å². The number of nitrogens with zero attached hydrogens (tertiary/aromatic N) is 5. The SMILES string of the molecule is c1ccc(-c2nc(-c3ccccc3)nc(-n3c4ccccc4c4c5ccc6sc7ccccc7c6c5c5c6ccccc6n(-c6ccccc6)c5c43)n2)cc1. The minimum Gasteiger partial charge on any atom is -0.307 e. The normalized spacial score (nSPS) is 12.0. The van der Waals surface area contributed by atoms with Gasteiger partial charge in [0, 0.05) is 63.9 Å². The van der Waals surface area contributed by atoms with Gasteiger partial charge in [-0.25, -0.2) is 4.98 Å². The highest BCUT2D eigenvalue weighted by Gasteiger charge is 2.27. The van der Waals surface area contributed by atoms with E-state index in [1.165, 1.54) is 47.1 Å². The van der Waals surface area contributed by atoms with Crippen molar-refractivity contribution in [3.63, 3.8) is 0 Å². The third kappa shape index (κ3) is 4.37. The molecule has 0 atom stereocenters. The van der Waals surface area contributed by atoms with Crippen LogP contribution in [0.15, 0.2) is 176 Å². The van der Waals surface area contributed by atoms with E-state index in [0.717, 1.165) is 44.3 Å². The monoisotopic (exact) mass is 719 g/mol. The van der Waals surface area contributed by atoms with Crippen molar-refractivity contribution in [3.8, 4) is 34.4 Å². The van der Waals surface area contributed by atoms with Gasteiger partial charge in [-0.1, -0.05) is 140 Å². The smallest absolute Gasteiger partial charge is 0.238 e. The lowest BCUT2D eigenvalue weighted by atomic mass is 9.95. The van der Waals surface area contributed by atoms with Gasteiger partial charge in [0.15, 0.2) is 11.6 Å². The second-order valence-corrected chi connectivity index (χ2v) is 15.0. The Kier molecular flexibility index (Phi) is 6.44. The van der Waals surface area contributed by atoms with E-state index in [1.807, 2.05) is 47.7 Å². The van der Waals surface area contributed by atoms with Crippen LogP contribution < -0.4 is 0 Å². The van der Waals surface area contributed by atoms with Crippen LogP contribution in [0.25, 0.3) is 109 Å². The minimum absolute atomic E-state index is 0.575. The minimum atomic E-state index is 0.575. The van der Waals surface area contributed by atoms with Gasteiger partial charge in [-0.15, -0.1) is 11.3 Å². The number of benzene rings is 8. The molecule has 6 heteroatoms. The van der Waals surface area contributed by atoms with Gasteiger partial charge < -0.3 is 4.57 Å². The van der Waals surface area contributed by atoms with Crippen molar-refractivity contribution in [3.05, 3.63) is 176 Å². The molecule has 0 unspecified atom stereocenters. The lowest BCUT2D eigenvalue weighted by Gasteiger charge is -2.14. The van der Waals surface area contributed by atoms with E-state index in [-0.39, 0.29) is 0 Å². The number of hydrogen-bond donors (Lipinski definition) is 0. The van der Waals surface area contributed by atoms with Crippen LogP contribution >= 0.6 is 11.3 Å². The van der Waals surface area contributed by atoms with Gasteiger partial charge >= 0.3 is 0 Å². The Morgan fingerprint density at radius 1 is 0.345 bits per heavy atom. The number of rotatable bonds is 4. The fourth-order valence-corrected chi connectivity index (χ4v) is 9.80. The van der Waals surface area contributed by atoms with E-state index in [9.17, 15) is 0 Å². The largest absolute Gasteiger partial charge is 0.307 e. The predicted molar refractivity (Wildman–Crippen MR) is 230 cm³/mol. The Hall–Kier alpha value is -7.15. The summed E-state index contributed by atoms with van der Waals surface area (Å²) in [6.45, 7) is 0. The lowest BCUT2D eigenvalue weighted by Crippen LogP contribution is -2.07. The summed E-state index contributed by atoms with van der Waals surface area (Å²) in [5.41, 5.74) is 7.34. The molecule has 0 fully saturated rings. The lowest BCUT2D eigenvalue weighted by molar-refractivity contribution is 0.953. The standard InChI is InChI=1S/C49H29N5S/c1-4-16-30(17-5-1)47-50-48(31-18-6-2-7-19-31)52-49(51-47)54-38-26-14-10-22-33(38)41-36-28-29-40-42(35-24-12-15-27-39(35)55-40)43(36)44-34-23-11-13-25-37(34)53(46(44)45(41)54)32-20-8-3-9-21-32/h1-29H. The highest BCUT2D eigenvalue weighted by Crippen LogP contribution is 2.50. The molecule has 12 rings (SSSR count). The van der Waals surface area contributed by atoms with Crippen molar-refractivity contribution in [2.75, 3.05) is 0 Å². The summed E-state index contributed by atoms with van der Waals surface area (Å²) in [4.78, 5) is 15.7. The predicted octanol–water partition coefficient (Wildman–Crippen LogP) is 12.9. The zero-order valence-electron chi connectivity index (χ0n) is 29.4. The molecule has 0 aliphatic heterocycles. The summed E-state index contributed by atoms with van der Waals surface area (Å²) in [5.74, 6) is 1.83. The number of para-hydroxylation sites is 3. The molecule has 0 aliphatic rings. The third-order valence-electron chi connectivity index (χ3n) is 10.9. The van der Waals surface area contributed by atoms with E-state index in [4.69, 9.17) is 15.0 Å². The molecular weight excluding hydrogens is 691 g/mol. The summed E-state index contributed by atoms with van der Waals surface area (Å²) in [6.07, 6.45) is 0. The number of aromatic nitrogens is 5. The van der Waals surface area contributed by atoms with Crippen molar-refractivity contribution < 1.29 is 0 Å². The van der Waals surface area contributed by atoms with Crippen molar-refractivity contribution >= 4 is 85.9 Å². The summed E-state index contributed by atoms with van der Waals surface area (Å²) in [7, 11) is 0. The molecule has 4 aromatic heterocycles. The first-order valence-corrected chi connectivity index (χ1v) is 19.3. The van der Waals surface area contributed by atoms with Crippen molar-refractivity contribution in [1.29, 1.82) is 0 Å². The number of thiophene rings is 1. The Labute approximate surface area is 319 Å². The molecule has 0 amide bonds. The van der Waals surface area contributed by atoms with E-state index >= 15 is 0 Å². The maximum Gasteiger partial charge on any atom is 0.238 e. The third-order valence-corrected chi connectivity index (χ3v) is 12.1. The van der Waals surface area contributed by atoms with Crippen LogP contribution in [0, 0.1) is 0 Å². The molecule has 5 nitrogen and oxygen atoms in total. The van der Waals surface area contributed by atoms with Crippen molar-refractivity contribution in [2.24, 2.45) is 0 Å². The molecule has 4 heterocycles. The van der Waals surface area contributed by atoms with Crippen LogP contribution in [0.2, 0.25) is 0 Å². The van der Waals surface area contributed by atoms with Crippen LogP contribution in [0.3, 0.4) is 0 Å². The van der Waals surface area contributed by atoms with E-state index in [0.29, 0.717) is 17.6 Å². The van der Waals surface area contributed by atoms with Gasteiger partial charge in [0.05, 0.1) is 22.1 Å². The Morgan fingerprint density at radius 2 is 0.873 bits per heavy atom. The molecule has 8 aromatic carbocycles. The second-order valence-electron chi connectivity index (χ2n) is 14.0. The molecule has 0 saturated heterocycles. The Morgan fingerprint density at radius 3 is 1.55 bits per heavy atom. The van der Waals surface area contributed by atoms with Gasteiger partial charge in [-0.3, -0.25) is 4.57 Å². The van der Waals surface area contributed by atoms with Gasteiger partial charge in [0.1, 0.15) is 0 Å². The topological polar surface area (TPSA) is 48.5 Å². The molecule has 0 aliphatic carbocycles. The van der Waals surface area contributed by atoms with E-state index < -0.39 is 0 Å². The highest BCUT2D eigenvalue weighted by molar-refractivity contribution is 7.26. The molecule has 0 radical (unpaired) electrons. The average Bonchev–Trinajstić information content (AvgIpc) is 3.93. The number of fused-ring (bicyclic) bond motifs is 14. The Balaban J connectivity index is 1.37. The van der Waals surface area contributed by atoms with Gasteiger partial charge in [0.2, 0.25) is 5.95 Å². The van der Waals surface area contributed by atoms with Gasteiger partial charge in [-0.05, 0) is 41.8 Å². The molecule has 0 saturated carbocycles. The molecule has 12 aromatic rings. The first-order chi connectivity index (χ1) is 27.3. The average molecular weight is 720 g/mol. The summed E-state index contributed by atoms with van der Waals surface area (Å²) < 4.78 is 7.32. The first-order valence-electron chi connectivity index (χ1n) is 18.5.